The minimum absolute atomic E-state index is 0.0717. The lowest BCUT2D eigenvalue weighted by atomic mass is 9.81. The molecule has 1 saturated carbocycles. The number of carboxylic acids is 1. The zero-order valence-corrected chi connectivity index (χ0v) is 14.2. The molecule has 5 heteroatoms. The van der Waals surface area contributed by atoms with Crippen molar-refractivity contribution in [2.75, 3.05) is 11.4 Å². The summed E-state index contributed by atoms with van der Waals surface area (Å²) in [7, 11) is 0. The lowest BCUT2D eigenvalue weighted by Crippen LogP contribution is -2.36. The quantitative estimate of drug-likeness (QED) is 0.910. The molecule has 0 atom stereocenters. The number of nitrogens with zero attached hydrogens (tertiary/aromatic N) is 2. The average Bonchev–Trinajstić information content (AvgIpc) is 3.20. The summed E-state index contributed by atoms with van der Waals surface area (Å²) in [5.74, 6) is -1.18. The van der Waals surface area contributed by atoms with Gasteiger partial charge in [-0.1, -0.05) is 31.0 Å². The van der Waals surface area contributed by atoms with Gasteiger partial charge in [-0.15, -0.1) is 0 Å². The van der Waals surface area contributed by atoms with E-state index < -0.39 is 5.97 Å². The Morgan fingerprint density at radius 3 is 2.52 bits per heavy atom. The Morgan fingerprint density at radius 2 is 1.84 bits per heavy atom. The van der Waals surface area contributed by atoms with Crippen molar-refractivity contribution in [1.82, 2.24) is 4.98 Å². The van der Waals surface area contributed by atoms with Gasteiger partial charge in [0.25, 0.3) is 5.91 Å². The molecule has 2 aliphatic rings. The Kier molecular flexibility index (Phi) is 3.60. The summed E-state index contributed by atoms with van der Waals surface area (Å²) in [4.78, 5) is 30.3. The van der Waals surface area contributed by atoms with Crippen LogP contribution in [0, 0.1) is 6.92 Å². The van der Waals surface area contributed by atoms with Crippen LogP contribution in [0.4, 0.5) is 5.69 Å². The van der Waals surface area contributed by atoms with Crippen molar-refractivity contribution in [2.24, 2.45) is 0 Å². The zero-order chi connectivity index (χ0) is 17.6. The molecule has 4 rings (SSSR count). The molecule has 0 saturated heterocycles. The molecule has 1 N–H and O–H groups in total. The summed E-state index contributed by atoms with van der Waals surface area (Å²) < 4.78 is 0. The van der Waals surface area contributed by atoms with Crippen LogP contribution in [0.3, 0.4) is 0 Å². The van der Waals surface area contributed by atoms with Crippen molar-refractivity contribution in [3.8, 4) is 0 Å². The summed E-state index contributed by atoms with van der Waals surface area (Å²) in [6.07, 6.45) is 4.61. The number of anilines is 1. The number of pyridine rings is 1. The van der Waals surface area contributed by atoms with Crippen molar-refractivity contribution in [3.63, 3.8) is 0 Å². The number of hydrogen-bond donors (Lipinski definition) is 1. The maximum Gasteiger partial charge on any atom is 0.337 e. The molecule has 1 spiro atoms. The first-order chi connectivity index (χ1) is 12.0. The van der Waals surface area contributed by atoms with Crippen LogP contribution in [0.2, 0.25) is 0 Å². The molecule has 1 aliphatic heterocycles. The number of aryl methyl sites for hydroxylation is 1. The fourth-order valence-electron chi connectivity index (χ4n) is 4.34. The molecule has 25 heavy (non-hydrogen) atoms. The van der Waals surface area contributed by atoms with E-state index in [2.05, 4.69) is 11.1 Å². The number of amides is 1. The maximum atomic E-state index is 13.1. The first-order valence-corrected chi connectivity index (χ1v) is 8.64. The predicted octanol–water partition coefficient (Wildman–Crippen LogP) is 3.56. The van der Waals surface area contributed by atoms with Gasteiger partial charge >= 0.3 is 5.97 Å². The van der Waals surface area contributed by atoms with E-state index in [1.54, 1.807) is 6.92 Å². The van der Waals surface area contributed by atoms with E-state index >= 15 is 0 Å². The summed E-state index contributed by atoms with van der Waals surface area (Å²) in [5, 5.41) is 9.14. The monoisotopic (exact) mass is 336 g/mol. The third-order valence-electron chi connectivity index (χ3n) is 5.57. The minimum Gasteiger partial charge on any atom is -0.478 e. The van der Waals surface area contributed by atoms with Crippen LogP contribution in [0.25, 0.3) is 0 Å². The Labute approximate surface area is 146 Å². The highest BCUT2D eigenvalue weighted by Crippen LogP contribution is 2.50. The topological polar surface area (TPSA) is 70.5 Å². The molecule has 2 aromatic rings. The number of para-hydroxylation sites is 1. The van der Waals surface area contributed by atoms with Crippen molar-refractivity contribution in [2.45, 2.75) is 38.0 Å². The first kappa shape index (κ1) is 15.8. The number of carbonyl (C=O) groups is 2. The highest BCUT2D eigenvalue weighted by atomic mass is 16.4. The summed E-state index contributed by atoms with van der Waals surface area (Å²) in [6.45, 7) is 2.31. The van der Waals surface area contributed by atoms with E-state index in [0.717, 1.165) is 18.5 Å². The van der Waals surface area contributed by atoms with Gasteiger partial charge in [-0.25, -0.2) is 9.78 Å². The number of carbonyl (C=O) groups excluding carboxylic acids is 1. The minimum atomic E-state index is -1.03. The number of rotatable bonds is 2. The largest absolute Gasteiger partial charge is 0.478 e. The smallest absolute Gasteiger partial charge is 0.337 e. The molecule has 0 radical (unpaired) electrons. The van der Waals surface area contributed by atoms with E-state index in [1.165, 1.54) is 30.5 Å². The lowest BCUT2D eigenvalue weighted by molar-refractivity contribution is 0.0695. The molecule has 2 heterocycles. The van der Waals surface area contributed by atoms with E-state index in [1.807, 2.05) is 23.1 Å². The molecule has 0 unspecified atom stereocenters. The average molecular weight is 336 g/mol. The summed E-state index contributed by atoms with van der Waals surface area (Å²) >= 11 is 0. The van der Waals surface area contributed by atoms with E-state index in [4.69, 9.17) is 5.11 Å². The predicted molar refractivity (Wildman–Crippen MR) is 94.2 cm³/mol. The molecule has 1 fully saturated rings. The molecule has 1 aromatic carbocycles. The third kappa shape index (κ3) is 2.42. The lowest BCUT2D eigenvalue weighted by Gasteiger charge is -2.24. The van der Waals surface area contributed by atoms with Crippen LogP contribution in [-0.2, 0) is 5.41 Å². The second-order valence-corrected chi connectivity index (χ2v) is 7.03. The van der Waals surface area contributed by atoms with Crippen molar-refractivity contribution in [1.29, 1.82) is 0 Å². The third-order valence-corrected chi connectivity index (χ3v) is 5.57. The Hall–Kier alpha value is -2.69. The highest BCUT2D eigenvalue weighted by Gasteiger charge is 2.46. The van der Waals surface area contributed by atoms with Gasteiger partial charge in [0.15, 0.2) is 0 Å². The Balaban J connectivity index is 1.72. The fraction of sp³-hybridized carbons (Fsp3) is 0.350. The molecule has 0 bridgehead atoms. The van der Waals surface area contributed by atoms with Gasteiger partial charge in [-0.2, -0.15) is 0 Å². The van der Waals surface area contributed by atoms with Crippen molar-refractivity contribution >= 4 is 17.6 Å². The second kappa shape index (κ2) is 5.69. The maximum absolute atomic E-state index is 13.1. The number of carboxylic acid groups (broad SMARTS) is 1. The van der Waals surface area contributed by atoms with Crippen LogP contribution in [0.15, 0.2) is 36.4 Å². The molecular formula is C20H20N2O3. The van der Waals surface area contributed by atoms with Gasteiger partial charge in [0.05, 0.1) is 11.3 Å². The number of aromatic carboxylic acids is 1. The normalized spacial score (nSPS) is 17.7. The van der Waals surface area contributed by atoms with Crippen LogP contribution >= 0.6 is 0 Å². The van der Waals surface area contributed by atoms with Crippen molar-refractivity contribution < 1.29 is 14.7 Å². The van der Waals surface area contributed by atoms with Gasteiger partial charge in [-0.05, 0) is 43.5 Å². The summed E-state index contributed by atoms with van der Waals surface area (Å²) in [5.41, 5.74) is 3.10. The van der Waals surface area contributed by atoms with Gasteiger partial charge < -0.3 is 10.0 Å². The highest BCUT2D eigenvalue weighted by molar-refractivity contribution is 6.07. The number of hydrogen-bond acceptors (Lipinski definition) is 3. The molecular weight excluding hydrogens is 316 g/mol. The molecule has 1 aromatic heterocycles. The second-order valence-electron chi connectivity index (χ2n) is 7.03. The molecule has 1 amide bonds. The van der Waals surface area contributed by atoms with Gasteiger partial charge in [-0.3, -0.25) is 4.79 Å². The molecule has 128 valence electrons. The summed E-state index contributed by atoms with van der Waals surface area (Å²) in [6, 6.07) is 11.1. The standard InChI is InChI=1S/C20H20N2O3/c1-13-14(19(24)25)8-9-16(21-13)18(23)22-12-20(10-4-5-11-20)15-6-2-3-7-17(15)22/h2-3,6-9H,4-5,10-12H2,1H3,(H,24,25). The number of aromatic nitrogens is 1. The van der Waals surface area contributed by atoms with Gasteiger partial charge in [0.1, 0.15) is 5.69 Å². The van der Waals surface area contributed by atoms with E-state index in [9.17, 15) is 9.59 Å². The Bertz CT molecular complexity index is 869. The Morgan fingerprint density at radius 1 is 1.12 bits per heavy atom. The van der Waals surface area contributed by atoms with E-state index in [-0.39, 0.29) is 16.9 Å². The number of benzene rings is 1. The van der Waals surface area contributed by atoms with Crippen LogP contribution in [0.1, 0.15) is 57.8 Å². The van der Waals surface area contributed by atoms with Crippen LogP contribution < -0.4 is 4.90 Å². The van der Waals surface area contributed by atoms with E-state index in [0.29, 0.717) is 17.9 Å². The van der Waals surface area contributed by atoms with Crippen LogP contribution in [0.5, 0.6) is 0 Å². The molecule has 1 aliphatic carbocycles. The SMILES string of the molecule is Cc1nc(C(=O)N2CC3(CCCC3)c3ccccc32)ccc1C(=O)O. The fourth-order valence-corrected chi connectivity index (χ4v) is 4.34. The molecule has 5 nitrogen and oxygen atoms in total. The van der Waals surface area contributed by atoms with Gasteiger partial charge in [0.2, 0.25) is 0 Å². The zero-order valence-electron chi connectivity index (χ0n) is 14.2. The van der Waals surface area contributed by atoms with Gasteiger partial charge in [0, 0.05) is 17.6 Å². The van der Waals surface area contributed by atoms with Crippen molar-refractivity contribution in [3.05, 3.63) is 58.9 Å². The first-order valence-electron chi connectivity index (χ1n) is 8.64. The van der Waals surface area contributed by atoms with Crippen LogP contribution in [-0.4, -0.2) is 28.5 Å². The number of fused-ring (bicyclic) bond motifs is 2.